The summed E-state index contributed by atoms with van der Waals surface area (Å²) in [5.41, 5.74) is 3.74. The largest absolute Gasteiger partial charge is 0.360 e. The van der Waals surface area contributed by atoms with E-state index in [0.717, 1.165) is 26.5 Å². The highest BCUT2D eigenvalue weighted by molar-refractivity contribution is 9.10. The first kappa shape index (κ1) is 13.5. The molecule has 0 saturated carbocycles. The van der Waals surface area contributed by atoms with Gasteiger partial charge in [-0.15, -0.1) is 10.2 Å². The monoisotopic (exact) mass is 384 g/mol. The fourth-order valence-electron chi connectivity index (χ4n) is 2.85. The Morgan fingerprint density at radius 3 is 3.08 bits per heavy atom. The Hall–Kier alpha value is -2.88. The predicted octanol–water partition coefficient (Wildman–Crippen LogP) is 2.24. The summed E-state index contributed by atoms with van der Waals surface area (Å²) >= 11 is 3.52. The van der Waals surface area contributed by atoms with Crippen LogP contribution in [-0.4, -0.2) is 40.3 Å². The van der Waals surface area contributed by atoms with Gasteiger partial charge in [0.1, 0.15) is 5.52 Å². The first-order valence-corrected chi connectivity index (χ1v) is 8.01. The molecule has 0 aliphatic heterocycles. The van der Waals surface area contributed by atoms with Crippen LogP contribution < -0.4 is 0 Å². The molecule has 24 heavy (non-hydrogen) atoms. The topological polar surface area (TPSA) is 111 Å². The van der Waals surface area contributed by atoms with E-state index >= 15 is 0 Å². The first-order chi connectivity index (χ1) is 11.8. The van der Waals surface area contributed by atoms with Gasteiger partial charge in [0, 0.05) is 22.8 Å². The number of rotatable bonds is 3. The lowest BCUT2D eigenvalue weighted by atomic mass is 10.2. The number of hydrogen-bond donors (Lipinski definition) is 1. The standard InChI is InChI=1S/C14H9BrN8O/c15-7-1-2-10-8(5-7)12-14(16-9-6-24-20-13(9)17-12)23(10)4-3-11-18-21-22-19-11/h1-2,5-6H,3-4H2,(H,18,19,21,22). The molecule has 0 aliphatic carbocycles. The molecule has 4 aromatic heterocycles. The van der Waals surface area contributed by atoms with Crippen LogP contribution in [0.2, 0.25) is 0 Å². The van der Waals surface area contributed by atoms with Crippen molar-refractivity contribution in [2.45, 2.75) is 13.0 Å². The van der Waals surface area contributed by atoms with Crippen LogP contribution in [0, 0.1) is 0 Å². The second-order valence-electron chi connectivity index (χ2n) is 5.31. The van der Waals surface area contributed by atoms with Gasteiger partial charge in [0.25, 0.3) is 0 Å². The summed E-state index contributed by atoms with van der Waals surface area (Å²) in [4.78, 5) is 9.28. The summed E-state index contributed by atoms with van der Waals surface area (Å²) in [5, 5.41) is 19.0. The normalized spacial score (nSPS) is 11.9. The summed E-state index contributed by atoms with van der Waals surface area (Å²) < 4.78 is 8.06. The number of fused-ring (bicyclic) bond motifs is 4. The van der Waals surface area contributed by atoms with Crippen LogP contribution in [0.1, 0.15) is 5.82 Å². The van der Waals surface area contributed by atoms with Crippen molar-refractivity contribution in [3.05, 3.63) is 34.8 Å². The van der Waals surface area contributed by atoms with E-state index in [4.69, 9.17) is 4.52 Å². The van der Waals surface area contributed by atoms with Gasteiger partial charge in [0.2, 0.25) is 5.65 Å². The number of halogens is 1. The number of hydrogen-bond acceptors (Lipinski definition) is 7. The number of tetrazole rings is 1. The fourth-order valence-corrected chi connectivity index (χ4v) is 3.21. The summed E-state index contributed by atoms with van der Waals surface area (Å²) in [7, 11) is 0. The lowest BCUT2D eigenvalue weighted by molar-refractivity contribution is 0.426. The molecule has 0 fully saturated rings. The van der Waals surface area contributed by atoms with Crippen LogP contribution in [0.5, 0.6) is 0 Å². The van der Waals surface area contributed by atoms with Gasteiger partial charge in [-0.25, -0.2) is 9.97 Å². The van der Waals surface area contributed by atoms with Crippen molar-refractivity contribution in [2.24, 2.45) is 0 Å². The molecule has 0 spiro atoms. The smallest absolute Gasteiger partial charge is 0.221 e. The zero-order valence-electron chi connectivity index (χ0n) is 12.1. The maximum atomic E-state index is 4.97. The van der Waals surface area contributed by atoms with Crippen LogP contribution >= 0.6 is 15.9 Å². The van der Waals surface area contributed by atoms with Crippen LogP contribution in [0.15, 0.2) is 33.5 Å². The van der Waals surface area contributed by atoms with E-state index < -0.39 is 0 Å². The number of aromatic nitrogens is 8. The number of benzene rings is 1. The molecule has 4 heterocycles. The van der Waals surface area contributed by atoms with E-state index in [9.17, 15) is 0 Å². The van der Waals surface area contributed by atoms with Crippen LogP contribution in [-0.2, 0) is 13.0 Å². The van der Waals surface area contributed by atoms with Gasteiger partial charge < -0.3 is 9.09 Å². The van der Waals surface area contributed by atoms with Gasteiger partial charge in [-0.3, -0.25) is 0 Å². The zero-order valence-corrected chi connectivity index (χ0v) is 13.7. The number of aromatic amines is 1. The van der Waals surface area contributed by atoms with E-state index in [0.29, 0.717) is 30.0 Å². The Bertz CT molecular complexity index is 1180. The molecule has 9 nitrogen and oxygen atoms in total. The summed E-state index contributed by atoms with van der Waals surface area (Å²) in [5.74, 6) is 0.654. The summed E-state index contributed by atoms with van der Waals surface area (Å²) in [6, 6.07) is 6.07. The Balaban J connectivity index is 1.77. The van der Waals surface area contributed by atoms with Gasteiger partial charge >= 0.3 is 0 Å². The highest BCUT2D eigenvalue weighted by Gasteiger charge is 2.16. The number of H-pyrrole nitrogens is 1. The van der Waals surface area contributed by atoms with E-state index in [1.807, 2.05) is 18.2 Å². The molecule has 0 amide bonds. The summed E-state index contributed by atoms with van der Waals surface area (Å²) in [6.07, 6.45) is 2.13. The molecule has 10 heteroatoms. The first-order valence-electron chi connectivity index (χ1n) is 7.21. The second-order valence-corrected chi connectivity index (χ2v) is 6.23. The third-order valence-electron chi connectivity index (χ3n) is 3.90. The van der Waals surface area contributed by atoms with Crippen LogP contribution in [0.25, 0.3) is 33.2 Å². The van der Waals surface area contributed by atoms with Crippen LogP contribution in [0.3, 0.4) is 0 Å². The van der Waals surface area contributed by atoms with Crippen molar-refractivity contribution in [2.75, 3.05) is 0 Å². The predicted molar refractivity (Wildman–Crippen MR) is 88.2 cm³/mol. The SMILES string of the molecule is Brc1ccc2c(c1)c1nc3nocc3nc1n2CCc1nn[nH]n1. The van der Waals surface area contributed by atoms with Crippen molar-refractivity contribution < 1.29 is 4.52 Å². The maximum Gasteiger partial charge on any atom is 0.221 e. The third-order valence-corrected chi connectivity index (χ3v) is 4.39. The highest BCUT2D eigenvalue weighted by Crippen LogP contribution is 2.30. The Morgan fingerprint density at radius 1 is 1.25 bits per heavy atom. The van der Waals surface area contributed by atoms with Crippen molar-refractivity contribution in [3.8, 4) is 0 Å². The molecule has 0 atom stereocenters. The van der Waals surface area contributed by atoms with E-state index in [-0.39, 0.29) is 0 Å². The van der Waals surface area contributed by atoms with Gasteiger partial charge in [-0.1, -0.05) is 26.3 Å². The van der Waals surface area contributed by atoms with Crippen molar-refractivity contribution in [1.82, 2.24) is 40.3 Å². The number of nitrogens with zero attached hydrogens (tertiary/aromatic N) is 7. The molecule has 0 radical (unpaired) electrons. The van der Waals surface area contributed by atoms with Gasteiger partial charge in [0.15, 0.2) is 23.3 Å². The van der Waals surface area contributed by atoms with Crippen LogP contribution in [0.4, 0.5) is 0 Å². The highest BCUT2D eigenvalue weighted by atomic mass is 79.9. The van der Waals surface area contributed by atoms with E-state index in [1.165, 1.54) is 6.26 Å². The van der Waals surface area contributed by atoms with Crippen molar-refractivity contribution >= 4 is 49.2 Å². The maximum absolute atomic E-state index is 4.97. The Kier molecular flexibility index (Phi) is 2.86. The second kappa shape index (κ2) is 5.06. The molecule has 5 aromatic rings. The Labute approximate surface area is 142 Å². The van der Waals surface area contributed by atoms with Gasteiger partial charge in [0.05, 0.1) is 5.52 Å². The molecule has 118 valence electrons. The fraction of sp³-hybridized carbons (Fsp3) is 0.143. The average molecular weight is 385 g/mol. The van der Waals surface area contributed by atoms with Gasteiger partial charge in [-0.05, 0) is 18.2 Å². The van der Waals surface area contributed by atoms with E-state index in [1.54, 1.807) is 0 Å². The van der Waals surface area contributed by atoms with Crippen molar-refractivity contribution in [1.29, 1.82) is 0 Å². The minimum atomic E-state index is 0.500. The third kappa shape index (κ3) is 1.99. The molecule has 5 rings (SSSR count). The lowest BCUT2D eigenvalue weighted by Crippen LogP contribution is -2.03. The number of nitrogens with one attached hydrogen (secondary N) is 1. The average Bonchev–Trinajstić information content (AvgIpc) is 3.30. The molecular weight excluding hydrogens is 376 g/mol. The molecule has 0 bridgehead atoms. The van der Waals surface area contributed by atoms with Gasteiger partial charge in [-0.2, -0.15) is 5.21 Å². The van der Waals surface area contributed by atoms with Crippen molar-refractivity contribution in [3.63, 3.8) is 0 Å². The zero-order chi connectivity index (χ0) is 16.1. The summed E-state index contributed by atoms with van der Waals surface area (Å²) in [6.45, 7) is 0.659. The van der Waals surface area contributed by atoms with E-state index in [2.05, 4.69) is 56.2 Å². The molecule has 0 aliphatic rings. The molecule has 1 aromatic carbocycles. The molecule has 0 unspecified atom stereocenters. The minimum absolute atomic E-state index is 0.500. The lowest BCUT2D eigenvalue weighted by Gasteiger charge is -2.04. The number of aryl methyl sites for hydroxylation is 2. The Morgan fingerprint density at radius 2 is 2.21 bits per heavy atom. The molecule has 0 saturated heterocycles. The quantitative estimate of drug-likeness (QED) is 0.507. The minimum Gasteiger partial charge on any atom is -0.360 e. The molecular formula is C14H9BrN8O. The molecule has 1 N–H and O–H groups in total.